The topological polar surface area (TPSA) is 115 Å². The van der Waals surface area contributed by atoms with Crippen LogP contribution in [0.3, 0.4) is 0 Å². The molecule has 0 fully saturated rings. The quantitative estimate of drug-likeness (QED) is 0.243. The van der Waals surface area contributed by atoms with E-state index < -0.39 is 5.97 Å². The lowest BCUT2D eigenvalue weighted by Gasteiger charge is -2.08. The van der Waals surface area contributed by atoms with Gasteiger partial charge < -0.3 is 19.6 Å². The number of halogens is 1. The predicted octanol–water partition coefficient (Wildman–Crippen LogP) is 6.43. The molecule has 0 aliphatic carbocycles. The minimum Gasteiger partial charge on any atom is -0.487 e. The number of nitrogens with one attached hydrogen (secondary N) is 1. The third-order valence-corrected chi connectivity index (χ3v) is 6.15. The number of hydrogen-bond donors (Lipinski definition) is 2. The number of aryl methyl sites for hydroxylation is 1. The molecule has 2 aromatic heterocycles. The van der Waals surface area contributed by atoms with Crippen molar-refractivity contribution in [3.63, 3.8) is 0 Å². The van der Waals surface area contributed by atoms with Crippen LogP contribution < -0.4 is 9.47 Å². The van der Waals surface area contributed by atoms with Gasteiger partial charge in [0.05, 0.1) is 27.8 Å². The first-order valence-corrected chi connectivity index (χ1v) is 12.0. The predicted molar refractivity (Wildman–Crippen MR) is 139 cm³/mol. The SMILES string of the molecule is Cc1ccc(Oc2nc3cc(-c4ccc(OCc5cn(C(C)C)nn5)cc4)c(Cl)cc3[nH]2)cc1C(=O)O. The van der Waals surface area contributed by atoms with Gasteiger partial charge in [-0.25, -0.2) is 9.48 Å². The van der Waals surface area contributed by atoms with E-state index in [1.807, 2.05) is 50.4 Å². The van der Waals surface area contributed by atoms with E-state index in [1.54, 1.807) is 29.8 Å². The molecule has 0 aliphatic rings. The number of aromatic nitrogens is 5. The van der Waals surface area contributed by atoms with Crippen LogP contribution in [0.1, 0.15) is 41.5 Å². The molecule has 3 aromatic carbocycles. The highest BCUT2D eigenvalue weighted by Crippen LogP contribution is 2.34. The molecule has 2 heterocycles. The largest absolute Gasteiger partial charge is 0.487 e. The molecular weight excluding hydrogens is 494 g/mol. The van der Waals surface area contributed by atoms with Gasteiger partial charge in [0.15, 0.2) is 0 Å². The summed E-state index contributed by atoms with van der Waals surface area (Å²) in [5.41, 5.74) is 4.65. The molecule has 0 spiro atoms. The molecule has 188 valence electrons. The van der Waals surface area contributed by atoms with Crippen LogP contribution in [0.4, 0.5) is 0 Å². The number of benzene rings is 3. The summed E-state index contributed by atoms with van der Waals surface area (Å²) >= 11 is 6.59. The van der Waals surface area contributed by atoms with Gasteiger partial charge in [-0.2, -0.15) is 4.98 Å². The van der Waals surface area contributed by atoms with Gasteiger partial charge in [-0.15, -0.1) is 5.10 Å². The zero-order valence-electron chi connectivity index (χ0n) is 20.4. The Hall–Kier alpha value is -4.37. The fourth-order valence-electron chi connectivity index (χ4n) is 3.80. The molecule has 0 atom stereocenters. The van der Waals surface area contributed by atoms with Crippen LogP contribution in [0.5, 0.6) is 17.5 Å². The second-order valence-corrected chi connectivity index (χ2v) is 9.28. The number of carboxylic acids is 1. The van der Waals surface area contributed by atoms with Gasteiger partial charge in [0, 0.05) is 11.6 Å². The zero-order chi connectivity index (χ0) is 26.1. The molecule has 37 heavy (non-hydrogen) atoms. The zero-order valence-corrected chi connectivity index (χ0v) is 21.2. The summed E-state index contributed by atoms with van der Waals surface area (Å²) < 4.78 is 13.4. The van der Waals surface area contributed by atoms with Crippen LogP contribution in [-0.4, -0.2) is 36.0 Å². The lowest BCUT2D eigenvalue weighted by molar-refractivity contribution is 0.0695. The maximum Gasteiger partial charge on any atom is 0.336 e. The molecule has 0 radical (unpaired) electrons. The van der Waals surface area contributed by atoms with E-state index in [0.29, 0.717) is 39.7 Å². The Morgan fingerprint density at radius 3 is 2.57 bits per heavy atom. The normalized spacial score (nSPS) is 11.3. The molecule has 10 heteroatoms. The second kappa shape index (κ2) is 9.94. The monoisotopic (exact) mass is 517 g/mol. The number of carbonyl (C=O) groups is 1. The summed E-state index contributed by atoms with van der Waals surface area (Å²) in [6.07, 6.45) is 1.87. The summed E-state index contributed by atoms with van der Waals surface area (Å²) in [4.78, 5) is 19.0. The smallest absolute Gasteiger partial charge is 0.336 e. The number of imidazole rings is 1. The van der Waals surface area contributed by atoms with Crippen molar-refractivity contribution in [2.75, 3.05) is 0 Å². The molecule has 0 saturated heterocycles. The van der Waals surface area contributed by atoms with E-state index in [4.69, 9.17) is 21.1 Å². The molecule has 0 amide bonds. The van der Waals surface area contributed by atoms with Crippen LogP contribution in [-0.2, 0) is 6.61 Å². The van der Waals surface area contributed by atoms with Crippen molar-refractivity contribution in [1.29, 1.82) is 0 Å². The van der Waals surface area contributed by atoms with E-state index in [9.17, 15) is 9.90 Å². The van der Waals surface area contributed by atoms with Crippen LogP contribution in [0.2, 0.25) is 5.02 Å². The van der Waals surface area contributed by atoms with Crippen molar-refractivity contribution < 1.29 is 19.4 Å². The van der Waals surface area contributed by atoms with Gasteiger partial charge in [-0.05, 0) is 68.3 Å². The average molecular weight is 518 g/mol. The fourth-order valence-corrected chi connectivity index (χ4v) is 4.08. The van der Waals surface area contributed by atoms with E-state index in [2.05, 4.69) is 20.3 Å². The third-order valence-electron chi connectivity index (χ3n) is 5.84. The van der Waals surface area contributed by atoms with Crippen molar-refractivity contribution in [1.82, 2.24) is 25.0 Å². The van der Waals surface area contributed by atoms with Gasteiger partial charge >= 0.3 is 5.97 Å². The van der Waals surface area contributed by atoms with Crippen LogP contribution in [0, 0.1) is 6.92 Å². The number of nitrogens with zero attached hydrogens (tertiary/aromatic N) is 4. The maximum absolute atomic E-state index is 11.4. The number of hydrogen-bond acceptors (Lipinski definition) is 6. The minimum atomic E-state index is -1.01. The Morgan fingerprint density at radius 2 is 1.86 bits per heavy atom. The number of H-pyrrole nitrogens is 1. The average Bonchev–Trinajstić information content (AvgIpc) is 3.50. The lowest BCUT2D eigenvalue weighted by Crippen LogP contribution is -2.00. The summed E-state index contributed by atoms with van der Waals surface area (Å²) in [6.45, 7) is 6.14. The molecule has 9 nitrogen and oxygen atoms in total. The Balaban J connectivity index is 1.32. The van der Waals surface area contributed by atoms with Gasteiger partial charge in [-0.1, -0.05) is 35.0 Å². The first-order chi connectivity index (χ1) is 17.8. The number of aromatic carboxylic acids is 1. The highest BCUT2D eigenvalue weighted by Gasteiger charge is 2.13. The first-order valence-electron chi connectivity index (χ1n) is 11.6. The van der Waals surface area contributed by atoms with Crippen molar-refractivity contribution in [2.45, 2.75) is 33.4 Å². The Labute approximate surface area is 217 Å². The number of carboxylic acid groups (broad SMARTS) is 1. The van der Waals surface area contributed by atoms with E-state index in [-0.39, 0.29) is 17.6 Å². The molecule has 5 rings (SSSR count). The molecule has 0 bridgehead atoms. The Morgan fingerprint density at radius 1 is 1.11 bits per heavy atom. The van der Waals surface area contributed by atoms with Gasteiger partial charge in [-0.3, -0.25) is 0 Å². The molecule has 5 aromatic rings. The maximum atomic E-state index is 11.4. The van der Waals surface area contributed by atoms with E-state index in [0.717, 1.165) is 16.8 Å². The van der Waals surface area contributed by atoms with Crippen LogP contribution >= 0.6 is 11.6 Å². The summed E-state index contributed by atoms with van der Waals surface area (Å²) in [7, 11) is 0. The lowest BCUT2D eigenvalue weighted by atomic mass is 10.0. The number of rotatable bonds is 8. The number of aromatic amines is 1. The van der Waals surface area contributed by atoms with Crippen molar-refractivity contribution in [3.8, 4) is 28.6 Å². The summed E-state index contributed by atoms with van der Waals surface area (Å²) in [5.74, 6) is 0.0596. The summed E-state index contributed by atoms with van der Waals surface area (Å²) in [6, 6.07) is 16.6. The number of fused-ring (bicyclic) bond motifs is 1. The molecule has 2 N–H and O–H groups in total. The fraction of sp³-hybridized carbons (Fsp3) is 0.185. The highest BCUT2D eigenvalue weighted by atomic mass is 35.5. The Kier molecular flexibility index (Phi) is 6.54. The molecular formula is C27H24ClN5O4. The molecule has 0 saturated carbocycles. The Bertz CT molecular complexity index is 1590. The molecule has 0 aliphatic heterocycles. The van der Waals surface area contributed by atoms with E-state index >= 15 is 0 Å². The van der Waals surface area contributed by atoms with Crippen LogP contribution in [0.25, 0.3) is 22.2 Å². The van der Waals surface area contributed by atoms with Crippen molar-refractivity contribution in [3.05, 3.63) is 82.6 Å². The second-order valence-electron chi connectivity index (χ2n) is 8.87. The van der Waals surface area contributed by atoms with Gasteiger partial charge in [0.2, 0.25) is 0 Å². The van der Waals surface area contributed by atoms with Crippen molar-refractivity contribution >= 4 is 28.6 Å². The highest BCUT2D eigenvalue weighted by molar-refractivity contribution is 6.34. The third kappa shape index (κ3) is 5.26. The van der Waals surface area contributed by atoms with E-state index in [1.165, 1.54) is 6.07 Å². The van der Waals surface area contributed by atoms with Gasteiger partial charge in [0.25, 0.3) is 6.01 Å². The standard InChI is InChI=1S/C27H24ClN5O4/c1-15(2)33-13-18(31-32-33)14-36-19-8-5-17(6-9-19)22-11-24-25(12-23(22)28)30-27(29-24)37-20-7-4-16(3)21(10-20)26(34)35/h4-13,15H,14H2,1-3H3,(H,29,30)(H,34,35). The van der Waals surface area contributed by atoms with Crippen molar-refractivity contribution in [2.24, 2.45) is 0 Å². The first kappa shape index (κ1) is 24.3. The number of ether oxygens (including phenoxy) is 2. The molecule has 0 unspecified atom stereocenters. The van der Waals surface area contributed by atoms with Gasteiger partial charge in [0.1, 0.15) is 23.8 Å². The summed E-state index contributed by atoms with van der Waals surface area (Å²) in [5, 5.41) is 18.1. The van der Waals surface area contributed by atoms with Crippen LogP contribution in [0.15, 0.2) is 60.8 Å². The minimum absolute atomic E-state index is 0.174.